The molecule has 3 atom stereocenters. The van der Waals surface area contributed by atoms with Crippen molar-refractivity contribution in [2.75, 3.05) is 20.6 Å². The highest BCUT2D eigenvalue weighted by molar-refractivity contribution is 9.10. The van der Waals surface area contributed by atoms with Crippen molar-refractivity contribution in [3.05, 3.63) is 15.9 Å². The summed E-state index contributed by atoms with van der Waals surface area (Å²) in [5.41, 5.74) is 2.05. The molecule has 0 radical (unpaired) electrons. The molecule has 1 heterocycles. The molecule has 0 bridgehead atoms. The highest BCUT2D eigenvalue weighted by Crippen LogP contribution is 2.25. The van der Waals surface area contributed by atoms with Gasteiger partial charge in [0.1, 0.15) is 0 Å². The van der Waals surface area contributed by atoms with Crippen molar-refractivity contribution in [1.29, 1.82) is 0 Å². The molecule has 1 aliphatic carbocycles. The van der Waals surface area contributed by atoms with Gasteiger partial charge in [-0.2, -0.15) is 5.10 Å². The molecule has 1 amide bonds. The Labute approximate surface area is 154 Å². The largest absolute Gasteiger partial charge is 0.353 e. The zero-order chi connectivity index (χ0) is 17.9. The molecule has 0 saturated heterocycles. The highest BCUT2D eigenvalue weighted by Gasteiger charge is 2.28. The van der Waals surface area contributed by atoms with Crippen LogP contribution in [0.25, 0.3) is 0 Å². The Morgan fingerprint density at radius 2 is 2.04 bits per heavy atom. The predicted molar refractivity (Wildman–Crippen MR) is 101 cm³/mol. The average Bonchev–Trinajstić information content (AvgIpc) is 2.76. The average molecular weight is 399 g/mol. The third-order valence-electron chi connectivity index (χ3n) is 5.02. The summed E-state index contributed by atoms with van der Waals surface area (Å²) in [6.45, 7) is 7.66. The summed E-state index contributed by atoms with van der Waals surface area (Å²) >= 11 is 3.55. The molecule has 2 rings (SSSR count). The first kappa shape index (κ1) is 19.4. The maximum absolute atomic E-state index is 12.7. The quantitative estimate of drug-likeness (QED) is 0.800. The molecule has 6 heteroatoms. The van der Waals surface area contributed by atoms with E-state index in [4.69, 9.17) is 0 Å². The third-order valence-corrected chi connectivity index (χ3v) is 6.17. The number of hydrogen-bond acceptors (Lipinski definition) is 3. The van der Waals surface area contributed by atoms with E-state index >= 15 is 0 Å². The van der Waals surface area contributed by atoms with Gasteiger partial charge in [0.15, 0.2) is 0 Å². The van der Waals surface area contributed by atoms with Crippen molar-refractivity contribution in [2.24, 2.45) is 11.8 Å². The van der Waals surface area contributed by atoms with Gasteiger partial charge in [-0.1, -0.05) is 19.8 Å². The summed E-state index contributed by atoms with van der Waals surface area (Å²) < 4.78 is 2.97. The number of nitrogens with zero attached hydrogens (tertiary/aromatic N) is 3. The number of amides is 1. The summed E-state index contributed by atoms with van der Waals surface area (Å²) in [5, 5.41) is 7.83. The number of carbonyl (C=O) groups excluding carboxylic acids is 1. The minimum Gasteiger partial charge on any atom is -0.353 e. The number of rotatable bonds is 6. The van der Waals surface area contributed by atoms with Crippen molar-refractivity contribution >= 4 is 21.8 Å². The van der Waals surface area contributed by atoms with Crippen LogP contribution >= 0.6 is 15.9 Å². The van der Waals surface area contributed by atoms with E-state index in [1.54, 1.807) is 0 Å². The van der Waals surface area contributed by atoms with Crippen LogP contribution in [0, 0.1) is 25.7 Å². The summed E-state index contributed by atoms with van der Waals surface area (Å²) in [6, 6.07) is 0.309. The topological polar surface area (TPSA) is 50.2 Å². The first-order valence-electron chi connectivity index (χ1n) is 8.94. The van der Waals surface area contributed by atoms with Crippen LogP contribution in [0.15, 0.2) is 4.47 Å². The van der Waals surface area contributed by atoms with Gasteiger partial charge in [-0.15, -0.1) is 0 Å². The van der Waals surface area contributed by atoms with E-state index in [0.29, 0.717) is 18.5 Å². The second-order valence-electron chi connectivity index (χ2n) is 7.49. The lowest BCUT2D eigenvalue weighted by Crippen LogP contribution is -2.47. The Kier molecular flexibility index (Phi) is 6.87. The maximum Gasteiger partial charge on any atom is 0.224 e. The molecule has 1 aromatic heterocycles. The number of halogens is 1. The Morgan fingerprint density at radius 3 is 2.62 bits per heavy atom. The Hall–Kier alpha value is -0.880. The van der Waals surface area contributed by atoms with Gasteiger partial charge >= 0.3 is 0 Å². The van der Waals surface area contributed by atoms with E-state index in [-0.39, 0.29) is 11.8 Å². The Bertz CT molecular complexity index is 570. The molecule has 136 valence electrons. The lowest BCUT2D eigenvalue weighted by atomic mass is 9.84. The fourth-order valence-electron chi connectivity index (χ4n) is 3.61. The first-order valence-corrected chi connectivity index (χ1v) is 9.73. The molecule has 0 aliphatic heterocycles. The molecule has 0 spiro atoms. The fraction of sp³-hybridized carbons (Fsp3) is 0.778. The van der Waals surface area contributed by atoms with Gasteiger partial charge in [-0.25, -0.2) is 0 Å². The van der Waals surface area contributed by atoms with E-state index in [9.17, 15) is 4.79 Å². The third kappa shape index (κ3) is 4.82. The standard InChI is InChI=1S/C18H31BrN4O/c1-12(10-23-14(3)17(19)13(2)21-23)18(24)20-16-9-7-6-8-15(16)11-22(4)5/h12,15-16H,6-11H2,1-5H3,(H,20,24). The van der Waals surface area contributed by atoms with Crippen molar-refractivity contribution in [3.8, 4) is 0 Å². The highest BCUT2D eigenvalue weighted by atomic mass is 79.9. The van der Waals surface area contributed by atoms with Crippen molar-refractivity contribution in [3.63, 3.8) is 0 Å². The molecule has 1 N–H and O–H groups in total. The van der Waals surface area contributed by atoms with Gasteiger partial charge in [-0.05, 0) is 62.6 Å². The second kappa shape index (κ2) is 8.48. The molecule has 1 fully saturated rings. The molecule has 1 aromatic rings. The normalized spacial score (nSPS) is 22.6. The van der Waals surface area contributed by atoms with E-state index in [0.717, 1.165) is 28.8 Å². The van der Waals surface area contributed by atoms with Crippen LogP contribution in [0.3, 0.4) is 0 Å². The van der Waals surface area contributed by atoms with Gasteiger partial charge in [0.2, 0.25) is 5.91 Å². The van der Waals surface area contributed by atoms with Crippen LogP contribution in [0.1, 0.15) is 44.0 Å². The maximum atomic E-state index is 12.7. The molecule has 5 nitrogen and oxygen atoms in total. The second-order valence-corrected chi connectivity index (χ2v) is 8.28. The molecule has 3 unspecified atom stereocenters. The Morgan fingerprint density at radius 1 is 1.38 bits per heavy atom. The van der Waals surface area contributed by atoms with Crippen LogP contribution in [0.5, 0.6) is 0 Å². The number of hydrogen-bond donors (Lipinski definition) is 1. The van der Waals surface area contributed by atoms with Crippen LogP contribution < -0.4 is 5.32 Å². The van der Waals surface area contributed by atoms with Crippen molar-refractivity contribution < 1.29 is 4.79 Å². The van der Waals surface area contributed by atoms with E-state index < -0.39 is 0 Å². The fourth-order valence-corrected chi connectivity index (χ4v) is 3.89. The van der Waals surface area contributed by atoms with Gasteiger partial charge in [0.05, 0.1) is 22.6 Å². The first-order chi connectivity index (χ1) is 11.3. The molecular formula is C18H31BrN4O. The number of carbonyl (C=O) groups is 1. The molecule has 0 aromatic carbocycles. The molecular weight excluding hydrogens is 368 g/mol. The molecule has 1 aliphatic rings. The smallest absolute Gasteiger partial charge is 0.224 e. The van der Waals surface area contributed by atoms with E-state index in [2.05, 4.69) is 45.3 Å². The zero-order valence-electron chi connectivity index (χ0n) is 15.6. The van der Waals surface area contributed by atoms with Gasteiger partial charge < -0.3 is 10.2 Å². The van der Waals surface area contributed by atoms with Gasteiger partial charge in [0, 0.05) is 18.3 Å². The SMILES string of the molecule is Cc1nn(CC(C)C(=O)NC2CCCCC2CN(C)C)c(C)c1Br. The number of nitrogens with one attached hydrogen (secondary N) is 1. The summed E-state index contributed by atoms with van der Waals surface area (Å²) in [5.74, 6) is 0.624. The summed E-state index contributed by atoms with van der Waals surface area (Å²) in [4.78, 5) is 14.9. The van der Waals surface area contributed by atoms with Gasteiger partial charge in [-0.3, -0.25) is 9.48 Å². The molecule has 1 saturated carbocycles. The van der Waals surface area contributed by atoms with Gasteiger partial charge in [0.25, 0.3) is 0 Å². The summed E-state index contributed by atoms with van der Waals surface area (Å²) in [7, 11) is 4.22. The van der Waals surface area contributed by atoms with Crippen molar-refractivity contribution in [2.45, 2.75) is 59.0 Å². The predicted octanol–water partition coefficient (Wildman–Crippen LogP) is 3.14. The summed E-state index contributed by atoms with van der Waals surface area (Å²) in [6.07, 6.45) is 4.80. The minimum absolute atomic E-state index is 0.0863. The van der Waals surface area contributed by atoms with E-state index in [1.807, 2.05) is 25.5 Å². The minimum atomic E-state index is -0.0863. The molecule has 24 heavy (non-hydrogen) atoms. The van der Waals surface area contributed by atoms with E-state index in [1.165, 1.54) is 19.3 Å². The van der Waals surface area contributed by atoms with Crippen LogP contribution in [-0.2, 0) is 11.3 Å². The number of aromatic nitrogens is 2. The lowest BCUT2D eigenvalue weighted by molar-refractivity contribution is -0.126. The Balaban J connectivity index is 1.95. The van der Waals surface area contributed by atoms with Crippen LogP contribution in [-0.4, -0.2) is 47.3 Å². The van der Waals surface area contributed by atoms with Crippen molar-refractivity contribution in [1.82, 2.24) is 20.0 Å². The number of aryl methyl sites for hydroxylation is 1. The monoisotopic (exact) mass is 398 g/mol. The van der Waals surface area contributed by atoms with Crippen LogP contribution in [0.4, 0.5) is 0 Å². The lowest BCUT2D eigenvalue weighted by Gasteiger charge is -2.34. The zero-order valence-corrected chi connectivity index (χ0v) is 17.2. The van der Waals surface area contributed by atoms with Crippen LogP contribution in [0.2, 0.25) is 0 Å².